The Labute approximate surface area is 83.5 Å². The number of rotatable bonds is 2. The number of pyridine rings is 1. The minimum atomic E-state index is 0.811. The molecule has 0 unspecified atom stereocenters. The molecule has 72 valence electrons. The standard InChI is InChI=1S/C12H13NO/c1-3-9-4-5-12-10(6-9)7-11(14-2)8-13-12/h4-8H,3H2,1-2H3. The van der Waals surface area contributed by atoms with Crippen LogP contribution >= 0.6 is 0 Å². The van der Waals surface area contributed by atoms with Crippen molar-refractivity contribution in [3.05, 3.63) is 36.0 Å². The van der Waals surface area contributed by atoms with Crippen LogP contribution < -0.4 is 4.74 Å². The van der Waals surface area contributed by atoms with Gasteiger partial charge in [-0.2, -0.15) is 0 Å². The van der Waals surface area contributed by atoms with Crippen molar-refractivity contribution < 1.29 is 4.74 Å². The molecule has 2 heteroatoms. The molecule has 0 radical (unpaired) electrons. The monoisotopic (exact) mass is 187 g/mol. The van der Waals surface area contributed by atoms with Crippen LogP contribution in [0.15, 0.2) is 30.5 Å². The first kappa shape index (κ1) is 9.00. The predicted molar refractivity (Wildman–Crippen MR) is 57.7 cm³/mol. The predicted octanol–water partition coefficient (Wildman–Crippen LogP) is 2.81. The summed E-state index contributed by atoms with van der Waals surface area (Å²) >= 11 is 0. The number of ether oxygens (including phenoxy) is 1. The van der Waals surface area contributed by atoms with Crippen molar-refractivity contribution in [1.82, 2.24) is 4.98 Å². The lowest BCUT2D eigenvalue weighted by atomic mass is 10.1. The van der Waals surface area contributed by atoms with Gasteiger partial charge >= 0.3 is 0 Å². The highest BCUT2D eigenvalue weighted by Crippen LogP contribution is 2.19. The topological polar surface area (TPSA) is 22.1 Å². The van der Waals surface area contributed by atoms with Gasteiger partial charge in [0.15, 0.2) is 0 Å². The Morgan fingerprint density at radius 2 is 2.14 bits per heavy atom. The van der Waals surface area contributed by atoms with E-state index in [4.69, 9.17) is 4.74 Å². The quantitative estimate of drug-likeness (QED) is 0.721. The van der Waals surface area contributed by atoms with E-state index in [1.165, 1.54) is 5.56 Å². The first-order valence-electron chi connectivity index (χ1n) is 4.76. The van der Waals surface area contributed by atoms with Crippen LogP contribution in [0.1, 0.15) is 12.5 Å². The van der Waals surface area contributed by atoms with Crippen molar-refractivity contribution in [1.29, 1.82) is 0 Å². The van der Waals surface area contributed by atoms with Gasteiger partial charge in [-0.3, -0.25) is 4.98 Å². The Morgan fingerprint density at radius 1 is 1.29 bits per heavy atom. The molecule has 0 fully saturated rings. The lowest BCUT2D eigenvalue weighted by Gasteiger charge is -2.03. The molecule has 14 heavy (non-hydrogen) atoms. The van der Waals surface area contributed by atoms with E-state index in [2.05, 4.69) is 24.0 Å². The molecule has 0 saturated carbocycles. The number of fused-ring (bicyclic) bond motifs is 1. The van der Waals surface area contributed by atoms with E-state index in [0.717, 1.165) is 23.1 Å². The number of aryl methyl sites for hydroxylation is 1. The third-order valence-electron chi connectivity index (χ3n) is 2.36. The van der Waals surface area contributed by atoms with Gasteiger partial charge in [-0.05, 0) is 30.2 Å². The fourth-order valence-corrected chi connectivity index (χ4v) is 1.49. The summed E-state index contributed by atoms with van der Waals surface area (Å²) in [6.45, 7) is 2.15. The van der Waals surface area contributed by atoms with E-state index >= 15 is 0 Å². The molecule has 0 atom stereocenters. The molecule has 2 aromatic rings. The van der Waals surface area contributed by atoms with Crippen LogP contribution in [-0.4, -0.2) is 12.1 Å². The maximum atomic E-state index is 5.13. The van der Waals surface area contributed by atoms with Crippen molar-refractivity contribution in [2.24, 2.45) is 0 Å². The van der Waals surface area contributed by atoms with Crippen molar-refractivity contribution in [3.8, 4) is 5.75 Å². The molecule has 0 aliphatic carbocycles. The largest absolute Gasteiger partial charge is 0.495 e. The molecule has 0 bridgehead atoms. The van der Waals surface area contributed by atoms with E-state index < -0.39 is 0 Å². The molecule has 0 saturated heterocycles. The van der Waals surface area contributed by atoms with Crippen LogP contribution in [0.2, 0.25) is 0 Å². The first-order chi connectivity index (χ1) is 6.83. The second-order valence-electron chi connectivity index (χ2n) is 3.26. The maximum Gasteiger partial charge on any atom is 0.137 e. The van der Waals surface area contributed by atoms with Crippen LogP contribution in [0, 0.1) is 0 Å². The zero-order chi connectivity index (χ0) is 9.97. The average Bonchev–Trinajstić information content (AvgIpc) is 2.27. The first-order valence-corrected chi connectivity index (χ1v) is 4.76. The summed E-state index contributed by atoms with van der Waals surface area (Å²) in [5, 5.41) is 1.14. The van der Waals surface area contributed by atoms with Crippen LogP contribution in [-0.2, 0) is 6.42 Å². The van der Waals surface area contributed by atoms with E-state index in [-0.39, 0.29) is 0 Å². The molecule has 0 amide bonds. The van der Waals surface area contributed by atoms with E-state index in [9.17, 15) is 0 Å². The molecular formula is C12H13NO. The average molecular weight is 187 g/mol. The summed E-state index contributed by atoms with van der Waals surface area (Å²) in [6, 6.07) is 8.34. The third kappa shape index (κ3) is 1.55. The smallest absolute Gasteiger partial charge is 0.137 e. The SMILES string of the molecule is CCc1ccc2ncc(OC)cc2c1. The second-order valence-corrected chi connectivity index (χ2v) is 3.26. The lowest BCUT2D eigenvalue weighted by Crippen LogP contribution is -1.87. The maximum absolute atomic E-state index is 5.13. The van der Waals surface area contributed by atoms with Gasteiger partial charge in [0, 0.05) is 5.39 Å². The summed E-state index contributed by atoms with van der Waals surface area (Å²) in [4.78, 5) is 4.30. The molecule has 0 aliphatic heterocycles. The molecule has 2 rings (SSSR count). The highest BCUT2D eigenvalue weighted by Gasteiger charge is 1.98. The van der Waals surface area contributed by atoms with Gasteiger partial charge < -0.3 is 4.74 Å². The van der Waals surface area contributed by atoms with Crippen LogP contribution in [0.25, 0.3) is 10.9 Å². The number of nitrogens with zero attached hydrogens (tertiary/aromatic N) is 1. The molecule has 1 aromatic carbocycles. The van der Waals surface area contributed by atoms with Crippen LogP contribution in [0.3, 0.4) is 0 Å². The van der Waals surface area contributed by atoms with Crippen LogP contribution in [0.5, 0.6) is 5.75 Å². The molecule has 1 aromatic heterocycles. The Morgan fingerprint density at radius 3 is 2.86 bits per heavy atom. The summed E-state index contributed by atoms with van der Waals surface area (Å²) in [6.07, 6.45) is 2.79. The molecule has 0 N–H and O–H groups in total. The summed E-state index contributed by atoms with van der Waals surface area (Å²) < 4.78 is 5.13. The fraction of sp³-hybridized carbons (Fsp3) is 0.250. The normalized spacial score (nSPS) is 10.4. The van der Waals surface area contributed by atoms with Gasteiger partial charge in [-0.15, -0.1) is 0 Å². The van der Waals surface area contributed by atoms with E-state index in [1.807, 2.05) is 12.1 Å². The summed E-state index contributed by atoms with van der Waals surface area (Å²) in [5.74, 6) is 0.811. The van der Waals surface area contributed by atoms with E-state index in [0.29, 0.717) is 0 Å². The Hall–Kier alpha value is -1.57. The zero-order valence-corrected chi connectivity index (χ0v) is 8.45. The lowest BCUT2D eigenvalue weighted by molar-refractivity contribution is 0.414. The highest BCUT2D eigenvalue weighted by molar-refractivity contribution is 5.80. The summed E-state index contributed by atoms with van der Waals surface area (Å²) in [7, 11) is 1.66. The van der Waals surface area contributed by atoms with Gasteiger partial charge in [-0.1, -0.05) is 13.0 Å². The summed E-state index contributed by atoms with van der Waals surface area (Å²) in [5.41, 5.74) is 2.34. The highest BCUT2D eigenvalue weighted by atomic mass is 16.5. The van der Waals surface area contributed by atoms with Gasteiger partial charge in [0.05, 0.1) is 18.8 Å². The number of benzene rings is 1. The molecule has 1 heterocycles. The molecule has 2 nitrogen and oxygen atoms in total. The van der Waals surface area contributed by atoms with Crippen molar-refractivity contribution in [2.45, 2.75) is 13.3 Å². The third-order valence-corrected chi connectivity index (χ3v) is 2.36. The van der Waals surface area contributed by atoms with Gasteiger partial charge in [0.1, 0.15) is 5.75 Å². The molecule has 0 spiro atoms. The van der Waals surface area contributed by atoms with E-state index in [1.54, 1.807) is 13.3 Å². The minimum absolute atomic E-state index is 0.811. The number of hydrogen-bond acceptors (Lipinski definition) is 2. The number of aromatic nitrogens is 1. The minimum Gasteiger partial charge on any atom is -0.495 e. The molecular weight excluding hydrogens is 174 g/mol. The zero-order valence-electron chi connectivity index (χ0n) is 8.45. The van der Waals surface area contributed by atoms with Gasteiger partial charge in [0.25, 0.3) is 0 Å². The van der Waals surface area contributed by atoms with Crippen molar-refractivity contribution in [2.75, 3.05) is 7.11 Å². The van der Waals surface area contributed by atoms with Crippen molar-refractivity contribution >= 4 is 10.9 Å². The second kappa shape index (κ2) is 3.66. The number of methoxy groups -OCH3 is 1. The van der Waals surface area contributed by atoms with Gasteiger partial charge in [-0.25, -0.2) is 0 Å². The Bertz CT molecular complexity index is 412. The molecule has 0 aliphatic rings. The van der Waals surface area contributed by atoms with Crippen LogP contribution in [0.4, 0.5) is 0 Å². The Balaban J connectivity index is 2.60. The van der Waals surface area contributed by atoms with Gasteiger partial charge in [0.2, 0.25) is 0 Å². The van der Waals surface area contributed by atoms with Crippen molar-refractivity contribution in [3.63, 3.8) is 0 Å². The number of hydrogen-bond donors (Lipinski definition) is 0. The fourth-order valence-electron chi connectivity index (χ4n) is 1.49. The Kier molecular flexibility index (Phi) is 2.35.